The van der Waals surface area contributed by atoms with Crippen molar-refractivity contribution in [3.63, 3.8) is 0 Å². The van der Waals surface area contributed by atoms with Gasteiger partial charge in [-0.05, 0) is 31.4 Å². The molecule has 1 aliphatic carbocycles. The number of benzene rings is 1. The number of hydrogen-bond donors (Lipinski definition) is 1. The van der Waals surface area contributed by atoms with Gasteiger partial charge in [-0.1, -0.05) is 25.3 Å². The largest absolute Gasteiger partial charge is 0.493 e. The first kappa shape index (κ1) is 12.4. The molecule has 1 aliphatic rings. The highest BCUT2D eigenvalue weighted by molar-refractivity contribution is 5.36. The van der Waals surface area contributed by atoms with Gasteiger partial charge in [0.25, 0.3) is 0 Å². The summed E-state index contributed by atoms with van der Waals surface area (Å²) in [6.07, 6.45) is 5.03. The Labute approximate surface area is 102 Å². The van der Waals surface area contributed by atoms with E-state index in [0.717, 1.165) is 12.3 Å². The van der Waals surface area contributed by atoms with Crippen LogP contribution in [-0.2, 0) is 0 Å². The van der Waals surface area contributed by atoms with Crippen LogP contribution in [0.3, 0.4) is 0 Å². The number of ether oxygens (including phenoxy) is 1. The lowest BCUT2D eigenvalue weighted by molar-refractivity contribution is 0.220. The lowest BCUT2D eigenvalue weighted by Crippen LogP contribution is -2.16. The second-order valence-corrected chi connectivity index (χ2v) is 4.87. The molecule has 1 aromatic rings. The van der Waals surface area contributed by atoms with Crippen molar-refractivity contribution < 1.29 is 9.13 Å². The van der Waals surface area contributed by atoms with E-state index in [1.165, 1.54) is 25.3 Å². The summed E-state index contributed by atoms with van der Waals surface area (Å²) in [5.74, 6) is 1.13. The predicted octanol–water partition coefficient (Wildman–Crippen LogP) is 3.41. The first-order valence-corrected chi connectivity index (χ1v) is 6.35. The molecule has 1 aromatic carbocycles. The lowest BCUT2D eigenvalue weighted by atomic mass is 9.83. The van der Waals surface area contributed by atoms with Crippen molar-refractivity contribution >= 4 is 0 Å². The van der Waals surface area contributed by atoms with Gasteiger partial charge in [0.05, 0.1) is 6.61 Å². The van der Waals surface area contributed by atoms with Crippen molar-refractivity contribution in [2.75, 3.05) is 6.61 Å². The molecule has 2 N–H and O–H groups in total. The molecular formula is C14H20FNO. The van der Waals surface area contributed by atoms with Crippen LogP contribution in [0.1, 0.15) is 44.2 Å². The van der Waals surface area contributed by atoms with Crippen molar-refractivity contribution in [2.24, 2.45) is 11.7 Å². The minimum atomic E-state index is -0.338. The summed E-state index contributed by atoms with van der Waals surface area (Å²) >= 11 is 0. The first-order chi connectivity index (χ1) is 8.18. The van der Waals surface area contributed by atoms with E-state index in [0.29, 0.717) is 17.9 Å². The van der Waals surface area contributed by atoms with Gasteiger partial charge < -0.3 is 10.5 Å². The van der Waals surface area contributed by atoms with E-state index in [4.69, 9.17) is 10.5 Å². The summed E-state index contributed by atoms with van der Waals surface area (Å²) < 4.78 is 19.3. The highest BCUT2D eigenvalue weighted by Gasteiger charge is 2.18. The quantitative estimate of drug-likeness (QED) is 0.851. The molecule has 2 nitrogen and oxygen atoms in total. The molecule has 0 amide bonds. The van der Waals surface area contributed by atoms with Crippen molar-refractivity contribution in [1.82, 2.24) is 0 Å². The maximum absolute atomic E-state index is 13.6. The second kappa shape index (κ2) is 5.50. The van der Waals surface area contributed by atoms with E-state index in [9.17, 15) is 4.39 Å². The van der Waals surface area contributed by atoms with Gasteiger partial charge in [0.2, 0.25) is 0 Å². The van der Waals surface area contributed by atoms with Crippen molar-refractivity contribution in [3.05, 3.63) is 29.6 Å². The summed E-state index contributed by atoms with van der Waals surface area (Å²) in [5.41, 5.74) is 6.25. The van der Waals surface area contributed by atoms with Gasteiger partial charge in [-0.25, -0.2) is 4.39 Å². The van der Waals surface area contributed by atoms with Crippen LogP contribution in [0.15, 0.2) is 18.2 Å². The molecule has 0 spiro atoms. The zero-order valence-electron chi connectivity index (χ0n) is 10.3. The van der Waals surface area contributed by atoms with E-state index in [-0.39, 0.29) is 11.9 Å². The third-order valence-electron chi connectivity index (χ3n) is 3.48. The summed E-state index contributed by atoms with van der Waals surface area (Å²) in [6, 6.07) is 4.55. The summed E-state index contributed by atoms with van der Waals surface area (Å²) in [6.45, 7) is 2.44. The third kappa shape index (κ3) is 2.97. The normalized spacial score (nSPS) is 17.6. The molecule has 0 aromatic heterocycles. The number of hydrogen-bond acceptors (Lipinski definition) is 2. The summed E-state index contributed by atoms with van der Waals surface area (Å²) in [4.78, 5) is 0. The third-order valence-corrected chi connectivity index (χ3v) is 3.48. The Morgan fingerprint density at radius 1 is 1.47 bits per heavy atom. The lowest BCUT2D eigenvalue weighted by Gasteiger charge is -2.25. The topological polar surface area (TPSA) is 35.2 Å². The first-order valence-electron chi connectivity index (χ1n) is 6.35. The van der Waals surface area contributed by atoms with Gasteiger partial charge >= 0.3 is 0 Å². The summed E-state index contributed by atoms with van der Waals surface area (Å²) in [7, 11) is 0. The Morgan fingerprint density at radius 3 is 2.82 bits per heavy atom. The molecule has 1 saturated carbocycles. The monoisotopic (exact) mass is 237 g/mol. The average molecular weight is 237 g/mol. The molecule has 0 heterocycles. The molecule has 2 rings (SSSR count). The minimum Gasteiger partial charge on any atom is -0.493 e. The molecule has 0 unspecified atom stereocenters. The standard InChI is InChI=1S/C14H20FNO/c1-10(16)14-12(15)6-3-7-13(14)17-9-8-11-4-2-5-11/h3,6-7,10-11H,2,4-5,8-9,16H2,1H3/t10-/m0/s1. The Hall–Kier alpha value is -1.09. The van der Waals surface area contributed by atoms with Crippen LogP contribution in [0.2, 0.25) is 0 Å². The fraction of sp³-hybridized carbons (Fsp3) is 0.571. The predicted molar refractivity (Wildman–Crippen MR) is 66.5 cm³/mol. The highest BCUT2D eigenvalue weighted by atomic mass is 19.1. The van der Waals surface area contributed by atoms with Crippen molar-refractivity contribution in [2.45, 2.75) is 38.6 Å². The highest BCUT2D eigenvalue weighted by Crippen LogP contribution is 2.31. The van der Waals surface area contributed by atoms with Crippen LogP contribution in [0.5, 0.6) is 5.75 Å². The van der Waals surface area contributed by atoms with E-state index in [1.807, 2.05) is 0 Å². The Bertz CT molecular complexity index is 374. The molecule has 0 aliphatic heterocycles. The maximum Gasteiger partial charge on any atom is 0.131 e. The van der Waals surface area contributed by atoms with E-state index in [1.54, 1.807) is 19.1 Å². The minimum absolute atomic E-state index is 0.277. The van der Waals surface area contributed by atoms with E-state index >= 15 is 0 Å². The zero-order chi connectivity index (χ0) is 12.3. The molecular weight excluding hydrogens is 217 g/mol. The van der Waals surface area contributed by atoms with E-state index < -0.39 is 0 Å². The average Bonchev–Trinajstić information content (AvgIpc) is 2.21. The molecule has 0 bridgehead atoms. The van der Waals surface area contributed by atoms with Crippen LogP contribution >= 0.6 is 0 Å². The molecule has 0 saturated heterocycles. The Morgan fingerprint density at radius 2 is 2.24 bits per heavy atom. The van der Waals surface area contributed by atoms with Crippen LogP contribution in [0.25, 0.3) is 0 Å². The Kier molecular flexibility index (Phi) is 4.00. The van der Waals surface area contributed by atoms with Gasteiger partial charge in [-0.2, -0.15) is 0 Å². The van der Waals surface area contributed by atoms with Crippen molar-refractivity contribution in [3.8, 4) is 5.75 Å². The fourth-order valence-electron chi connectivity index (χ4n) is 2.20. The van der Waals surface area contributed by atoms with Gasteiger partial charge in [-0.3, -0.25) is 0 Å². The van der Waals surface area contributed by atoms with Crippen LogP contribution < -0.4 is 10.5 Å². The second-order valence-electron chi connectivity index (χ2n) is 4.87. The number of nitrogens with two attached hydrogens (primary N) is 1. The van der Waals surface area contributed by atoms with E-state index in [2.05, 4.69) is 0 Å². The van der Waals surface area contributed by atoms with Gasteiger partial charge in [0.1, 0.15) is 11.6 Å². The van der Waals surface area contributed by atoms with Gasteiger partial charge in [0.15, 0.2) is 0 Å². The number of rotatable bonds is 5. The van der Waals surface area contributed by atoms with Gasteiger partial charge in [0, 0.05) is 11.6 Å². The van der Waals surface area contributed by atoms with Crippen LogP contribution in [0.4, 0.5) is 4.39 Å². The molecule has 17 heavy (non-hydrogen) atoms. The molecule has 94 valence electrons. The molecule has 1 fully saturated rings. The van der Waals surface area contributed by atoms with Crippen molar-refractivity contribution in [1.29, 1.82) is 0 Å². The molecule has 0 radical (unpaired) electrons. The van der Waals surface area contributed by atoms with Crippen LogP contribution in [-0.4, -0.2) is 6.61 Å². The maximum atomic E-state index is 13.6. The van der Waals surface area contributed by atoms with Gasteiger partial charge in [-0.15, -0.1) is 0 Å². The zero-order valence-corrected chi connectivity index (χ0v) is 10.3. The summed E-state index contributed by atoms with van der Waals surface area (Å²) in [5, 5.41) is 0. The molecule has 3 heteroatoms. The smallest absolute Gasteiger partial charge is 0.131 e. The SMILES string of the molecule is C[C@H](N)c1c(F)cccc1OCCC1CCC1. The number of halogens is 1. The Balaban J connectivity index is 1.96. The molecule has 1 atom stereocenters. The fourth-order valence-corrected chi connectivity index (χ4v) is 2.20. The van der Waals surface area contributed by atoms with Crippen LogP contribution in [0, 0.1) is 11.7 Å².